The first-order chi connectivity index (χ1) is 7.48. The normalized spacial score (nSPS) is 24.8. The smallest absolute Gasteiger partial charge is 0.224 e. The highest BCUT2D eigenvalue weighted by molar-refractivity contribution is 8.00. The molecule has 2 atom stereocenters. The van der Waals surface area contributed by atoms with Crippen LogP contribution in [0.4, 0.5) is 0 Å². The molecule has 1 N–H and O–H groups in total. The van der Waals surface area contributed by atoms with Gasteiger partial charge in [-0.2, -0.15) is 0 Å². The number of hydrogen-bond acceptors (Lipinski definition) is 2. The summed E-state index contributed by atoms with van der Waals surface area (Å²) in [7, 11) is -1.39. The van der Waals surface area contributed by atoms with Gasteiger partial charge >= 0.3 is 0 Å². The Kier molecular flexibility index (Phi) is 3.12. The van der Waals surface area contributed by atoms with Gasteiger partial charge in [-0.3, -0.25) is 4.79 Å². The number of benzene rings is 1. The maximum atomic E-state index is 11.6. The molecule has 1 aliphatic heterocycles. The average molecular weight is 251 g/mol. The quantitative estimate of drug-likeness (QED) is 0.661. The third kappa shape index (κ3) is 2.33. The van der Waals surface area contributed by atoms with E-state index in [1.54, 1.807) is 11.8 Å². The molecule has 1 heterocycles. The minimum Gasteiger partial charge on any atom is -0.343 e. The molecule has 0 bridgehead atoms. The lowest BCUT2D eigenvalue weighted by Crippen LogP contribution is -2.60. The first-order valence-corrected chi connectivity index (χ1v) is 9.96. The number of nitrogens with one attached hydrogen (secondary N) is 1. The lowest BCUT2D eigenvalue weighted by atomic mass is 10.2. The fourth-order valence-corrected chi connectivity index (χ4v) is 6.28. The van der Waals surface area contributed by atoms with Gasteiger partial charge in [0.25, 0.3) is 0 Å². The molecule has 1 aliphatic rings. The Balaban J connectivity index is 2.05. The fourth-order valence-electron chi connectivity index (χ4n) is 1.95. The SMILES string of the molecule is C[Si](C)(C)[C@H]1C(=O)N[C@@H]1Sc1ccccc1. The molecule has 4 heteroatoms. The molecule has 0 saturated carbocycles. The summed E-state index contributed by atoms with van der Waals surface area (Å²) < 4.78 is 0. The van der Waals surface area contributed by atoms with Crippen LogP contribution in [0.3, 0.4) is 0 Å². The van der Waals surface area contributed by atoms with Gasteiger partial charge in [0.1, 0.15) is 0 Å². The summed E-state index contributed by atoms with van der Waals surface area (Å²) in [6.07, 6.45) is 0. The van der Waals surface area contributed by atoms with Gasteiger partial charge in [0.15, 0.2) is 0 Å². The number of rotatable bonds is 3. The summed E-state index contributed by atoms with van der Waals surface area (Å²) in [4.78, 5) is 12.8. The Morgan fingerprint density at radius 2 is 1.81 bits per heavy atom. The average Bonchev–Trinajstić information content (AvgIpc) is 2.15. The van der Waals surface area contributed by atoms with E-state index in [0.717, 1.165) is 0 Å². The summed E-state index contributed by atoms with van der Waals surface area (Å²) in [5, 5.41) is 3.29. The van der Waals surface area contributed by atoms with E-state index in [2.05, 4.69) is 37.1 Å². The highest BCUT2D eigenvalue weighted by Gasteiger charge is 2.47. The molecule has 16 heavy (non-hydrogen) atoms. The van der Waals surface area contributed by atoms with Crippen molar-refractivity contribution in [3.05, 3.63) is 30.3 Å². The summed E-state index contributed by atoms with van der Waals surface area (Å²) in [6, 6.07) is 10.3. The molecule has 2 nitrogen and oxygen atoms in total. The molecular formula is C12H17NOSSi. The van der Waals surface area contributed by atoms with E-state index in [1.807, 2.05) is 18.2 Å². The first kappa shape index (κ1) is 11.7. The van der Waals surface area contributed by atoms with Crippen LogP contribution in [0.2, 0.25) is 25.2 Å². The largest absolute Gasteiger partial charge is 0.343 e. The Hall–Kier alpha value is -0.743. The summed E-state index contributed by atoms with van der Waals surface area (Å²) in [5.41, 5.74) is 0.248. The predicted molar refractivity (Wildman–Crippen MR) is 71.3 cm³/mol. The molecule has 1 aromatic rings. The van der Waals surface area contributed by atoms with Gasteiger partial charge in [-0.05, 0) is 12.1 Å². The number of β-lactam (4-membered cyclic amide) rings is 1. The second kappa shape index (κ2) is 4.26. The van der Waals surface area contributed by atoms with Crippen molar-refractivity contribution in [2.75, 3.05) is 0 Å². The van der Waals surface area contributed by atoms with E-state index in [4.69, 9.17) is 0 Å². The minimum atomic E-state index is -1.39. The van der Waals surface area contributed by atoms with E-state index in [1.165, 1.54) is 4.90 Å². The molecule has 86 valence electrons. The second-order valence-corrected chi connectivity index (χ2v) is 11.8. The number of thioether (sulfide) groups is 1. The molecule has 1 aromatic carbocycles. The van der Waals surface area contributed by atoms with Gasteiger partial charge < -0.3 is 5.32 Å². The van der Waals surface area contributed by atoms with Crippen molar-refractivity contribution in [1.82, 2.24) is 5.32 Å². The van der Waals surface area contributed by atoms with Gasteiger partial charge in [0.2, 0.25) is 5.91 Å². The van der Waals surface area contributed by atoms with E-state index in [0.29, 0.717) is 0 Å². The number of carbonyl (C=O) groups excluding carboxylic acids is 1. The molecule has 0 aromatic heterocycles. The zero-order valence-electron chi connectivity index (χ0n) is 9.86. The van der Waals surface area contributed by atoms with Gasteiger partial charge in [-0.15, -0.1) is 11.8 Å². The van der Waals surface area contributed by atoms with Crippen molar-refractivity contribution < 1.29 is 4.79 Å². The zero-order chi connectivity index (χ0) is 11.8. The Morgan fingerprint density at radius 1 is 1.19 bits per heavy atom. The van der Waals surface area contributed by atoms with Crippen LogP contribution in [0.5, 0.6) is 0 Å². The number of carbonyl (C=O) groups is 1. The van der Waals surface area contributed by atoms with Crippen LogP contribution in [0.1, 0.15) is 0 Å². The third-order valence-corrected chi connectivity index (χ3v) is 6.70. The van der Waals surface area contributed by atoms with Crippen molar-refractivity contribution in [2.45, 2.75) is 35.5 Å². The lowest BCUT2D eigenvalue weighted by molar-refractivity contribution is -0.126. The fraction of sp³-hybridized carbons (Fsp3) is 0.417. The van der Waals surface area contributed by atoms with Crippen LogP contribution in [0, 0.1) is 0 Å². The van der Waals surface area contributed by atoms with Crippen LogP contribution < -0.4 is 5.32 Å². The van der Waals surface area contributed by atoms with E-state index in [-0.39, 0.29) is 16.8 Å². The van der Waals surface area contributed by atoms with Crippen LogP contribution in [-0.2, 0) is 4.79 Å². The monoisotopic (exact) mass is 251 g/mol. The van der Waals surface area contributed by atoms with Crippen molar-refractivity contribution in [3.63, 3.8) is 0 Å². The van der Waals surface area contributed by atoms with Crippen LogP contribution in [0.25, 0.3) is 0 Å². The van der Waals surface area contributed by atoms with Crippen LogP contribution in [-0.4, -0.2) is 19.4 Å². The zero-order valence-corrected chi connectivity index (χ0v) is 11.7. The first-order valence-electron chi connectivity index (χ1n) is 5.50. The van der Waals surface area contributed by atoms with Crippen molar-refractivity contribution in [1.29, 1.82) is 0 Å². The summed E-state index contributed by atoms with van der Waals surface area (Å²) in [6.45, 7) is 6.78. The van der Waals surface area contributed by atoms with Crippen LogP contribution in [0.15, 0.2) is 35.2 Å². The molecule has 1 saturated heterocycles. The maximum absolute atomic E-state index is 11.6. The molecule has 1 fully saturated rings. The Labute approximate surface area is 102 Å². The molecular weight excluding hydrogens is 234 g/mol. The summed E-state index contributed by atoms with van der Waals surface area (Å²) in [5.74, 6) is 0.243. The predicted octanol–water partition coefficient (Wildman–Crippen LogP) is 2.94. The maximum Gasteiger partial charge on any atom is 0.224 e. The Morgan fingerprint density at radius 3 is 2.31 bits per heavy atom. The molecule has 0 radical (unpaired) electrons. The molecule has 0 aliphatic carbocycles. The second-order valence-electron chi connectivity index (χ2n) is 5.20. The standard InChI is InChI=1S/C12H17NOSSi/c1-16(2,3)10-11(14)13-12(10)15-9-7-5-4-6-8-9/h4-8,10,12H,1-3H3,(H,13,14)/t10-,12+/m0/s1. The van der Waals surface area contributed by atoms with Gasteiger partial charge in [-0.1, -0.05) is 37.8 Å². The third-order valence-electron chi connectivity index (χ3n) is 2.81. The van der Waals surface area contributed by atoms with E-state index in [9.17, 15) is 4.79 Å². The molecule has 0 unspecified atom stereocenters. The molecule has 0 spiro atoms. The van der Waals surface area contributed by atoms with Crippen molar-refractivity contribution in [2.24, 2.45) is 0 Å². The van der Waals surface area contributed by atoms with E-state index >= 15 is 0 Å². The lowest BCUT2D eigenvalue weighted by Gasteiger charge is -2.43. The molecule has 1 amide bonds. The van der Waals surface area contributed by atoms with Crippen LogP contribution >= 0.6 is 11.8 Å². The highest BCUT2D eigenvalue weighted by Crippen LogP contribution is 2.41. The number of hydrogen-bond donors (Lipinski definition) is 1. The van der Waals surface area contributed by atoms with Gasteiger partial charge in [0, 0.05) is 4.90 Å². The topological polar surface area (TPSA) is 29.1 Å². The van der Waals surface area contributed by atoms with Gasteiger partial charge in [0.05, 0.1) is 19.0 Å². The minimum absolute atomic E-state index is 0.243. The number of amides is 1. The summed E-state index contributed by atoms with van der Waals surface area (Å²) >= 11 is 1.77. The van der Waals surface area contributed by atoms with Gasteiger partial charge in [-0.25, -0.2) is 0 Å². The molecule has 2 rings (SSSR count). The highest BCUT2D eigenvalue weighted by atomic mass is 32.2. The van der Waals surface area contributed by atoms with Crippen molar-refractivity contribution >= 4 is 25.7 Å². The Bertz CT molecular complexity index is 388. The van der Waals surface area contributed by atoms with E-state index < -0.39 is 8.07 Å². The van der Waals surface area contributed by atoms with Crippen molar-refractivity contribution in [3.8, 4) is 0 Å².